The van der Waals surface area contributed by atoms with Gasteiger partial charge in [0.25, 0.3) is 0 Å². The first-order chi connectivity index (χ1) is 7.69. The third kappa shape index (κ3) is 2.49. The molecule has 5 nitrogen and oxygen atoms in total. The Bertz CT molecular complexity index is 466. The Hall–Kier alpha value is -1.78. The molecule has 0 aliphatic heterocycles. The van der Waals surface area contributed by atoms with Gasteiger partial charge >= 0.3 is 5.97 Å². The van der Waals surface area contributed by atoms with Gasteiger partial charge in [-0.2, -0.15) is 4.73 Å². The number of esters is 1. The van der Waals surface area contributed by atoms with Crippen molar-refractivity contribution in [1.82, 2.24) is 4.73 Å². The quantitative estimate of drug-likeness (QED) is 0.487. The van der Waals surface area contributed by atoms with Gasteiger partial charge in [0.1, 0.15) is 5.60 Å². The molecule has 0 aliphatic rings. The van der Waals surface area contributed by atoms with Gasteiger partial charge in [0.15, 0.2) is 12.0 Å². The molecule has 5 heteroatoms. The van der Waals surface area contributed by atoms with Gasteiger partial charge in [0, 0.05) is 5.56 Å². The number of aldehydes is 1. The Morgan fingerprint density at radius 2 is 1.88 bits per heavy atom. The number of carbonyl (C=O) groups is 2. The van der Waals surface area contributed by atoms with Crippen molar-refractivity contribution in [2.24, 2.45) is 0 Å². The van der Waals surface area contributed by atoms with Gasteiger partial charge in [-0.15, -0.1) is 0 Å². The second kappa shape index (κ2) is 4.24. The monoisotopic (exact) mass is 239 g/mol. The largest absolute Gasteiger partial charge is 0.455 e. The summed E-state index contributed by atoms with van der Waals surface area (Å²) in [7, 11) is 0. The summed E-state index contributed by atoms with van der Waals surface area (Å²) in [5.41, 5.74) is 0.420. The fraction of sp³-hybridized carbons (Fsp3) is 0.500. The topological polar surface area (TPSA) is 68.5 Å². The number of aromatic nitrogens is 1. The van der Waals surface area contributed by atoms with Crippen LogP contribution in [0.15, 0.2) is 0 Å². The van der Waals surface area contributed by atoms with Crippen LogP contribution in [0.4, 0.5) is 0 Å². The van der Waals surface area contributed by atoms with Crippen LogP contribution in [-0.4, -0.2) is 27.8 Å². The molecule has 1 rings (SSSR count). The van der Waals surface area contributed by atoms with Crippen molar-refractivity contribution in [3.05, 3.63) is 22.5 Å². The van der Waals surface area contributed by atoms with Gasteiger partial charge in [-0.05, 0) is 40.2 Å². The van der Waals surface area contributed by atoms with Gasteiger partial charge in [-0.1, -0.05) is 0 Å². The molecule has 0 fully saturated rings. The summed E-state index contributed by atoms with van der Waals surface area (Å²) >= 11 is 0. The van der Waals surface area contributed by atoms with E-state index in [0.29, 0.717) is 27.8 Å². The Balaban J connectivity index is 3.24. The van der Waals surface area contributed by atoms with E-state index < -0.39 is 11.6 Å². The molecule has 0 amide bonds. The number of ether oxygens (including phenoxy) is 1. The van der Waals surface area contributed by atoms with Crippen molar-refractivity contribution in [2.45, 2.75) is 40.2 Å². The molecule has 1 heterocycles. The molecule has 94 valence electrons. The third-order valence-corrected chi connectivity index (χ3v) is 2.39. The molecule has 0 atom stereocenters. The Morgan fingerprint density at radius 3 is 2.24 bits per heavy atom. The lowest BCUT2D eigenvalue weighted by Crippen LogP contribution is -2.25. The van der Waals surface area contributed by atoms with Gasteiger partial charge in [-0.3, -0.25) is 4.79 Å². The summed E-state index contributed by atoms with van der Waals surface area (Å²) < 4.78 is 5.86. The number of nitrogens with zero attached hydrogens (tertiary/aromatic N) is 1. The van der Waals surface area contributed by atoms with Crippen LogP contribution < -0.4 is 0 Å². The maximum absolute atomic E-state index is 11.9. The second-order valence-corrected chi connectivity index (χ2v) is 4.90. The van der Waals surface area contributed by atoms with E-state index in [9.17, 15) is 14.8 Å². The van der Waals surface area contributed by atoms with Crippen LogP contribution in [0.2, 0.25) is 0 Å². The molecule has 1 aromatic heterocycles. The predicted octanol–water partition coefficient (Wildman–Crippen LogP) is 2.11. The molecule has 0 aromatic carbocycles. The molecular weight excluding hydrogens is 222 g/mol. The molecule has 0 unspecified atom stereocenters. The van der Waals surface area contributed by atoms with Crippen molar-refractivity contribution in [1.29, 1.82) is 0 Å². The summed E-state index contributed by atoms with van der Waals surface area (Å²) in [6.07, 6.45) is 0.616. The highest BCUT2D eigenvalue weighted by atomic mass is 16.6. The molecule has 1 N–H and O–H groups in total. The zero-order valence-corrected chi connectivity index (χ0v) is 10.7. The van der Waals surface area contributed by atoms with Crippen molar-refractivity contribution in [3.8, 4) is 0 Å². The summed E-state index contributed by atoms with van der Waals surface area (Å²) in [6.45, 7) is 8.36. The third-order valence-electron chi connectivity index (χ3n) is 2.39. The maximum Gasteiger partial charge on any atom is 0.359 e. The van der Waals surface area contributed by atoms with E-state index in [4.69, 9.17) is 4.74 Å². The van der Waals surface area contributed by atoms with E-state index in [-0.39, 0.29) is 5.69 Å². The smallest absolute Gasteiger partial charge is 0.359 e. The fourth-order valence-electron chi connectivity index (χ4n) is 1.58. The van der Waals surface area contributed by atoms with E-state index in [0.717, 1.165) is 0 Å². The fourth-order valence-corrected chi connectivity index (χ4v) is 1.58. The molecule has 1 aromatic rings. The molecule has 0 aliphatic carbocycles. The summed E-state index contributed by atoms with van der Waals surface area (Å²) in [4.78, 5) is 22.7. The number of rotatable bonds is 2. The molecule has 0 saturated carbocycles. The normalized spacial score (nSPS) is 11.4. The van der Waals surface area contributed by atoms with Gasteiger partial charge in [0.05, 0.1) is 5.69 Å². The van der Waals surface area contributed by atoms with Crippen LogP contribution in [0, 0.1) is 13.8 Å². The highest BCUT2D eigenvalue weighted by Crippen LogP contribution is 2.21. The maximum atomic E-state index is 11.9. The Morgan fingerprint density at radius 1 is 1.35 bits per heavy atom. The summed E-state index contributed by atoms with van der Waals surface area (Å²) in [6, 6.07) is 0. The number of carbonyl (C=O) groups excluding carboxylic acids is 2. The highest BCUT2D eigenvalue weighted by molar-refractivity contribution is 5.94. The van der Waals surface area contributed by atoms with Crippen LogP contribution >= 0.6 is 0 Å². The number of hydrogen-bond acceptors (Lipinski definition) is 4. The lowest BCUT2D eigenvalue weighted by atomic mass is 10.1. The lowest BCUT2D eigenvalue weighted by molar-refractivity contribution is 0.00284. The van der Waals surface area contributed by atoms with Gasteiger partial charge in [-0.25, -0.2) is 4.79 Å². The van der Waals surface area contributed by atoms with Crippen LogP contribution in [0.5, 0.6) is 0 Å². The van der Waals surface area contributed by atoms with E-state index in [1.54, 1.807) is 34.6 Å². The molecule has 0 radical (unpaired) electrons. The minimum atomic E-state index is -0.650. The average molecular weight is 239 g/mol. The van der Waals surface area contributed by atoms with Crippen LogP contribution in [-0.2, 0) is 4.74 Å². The second-order valence-electron chi connectivity index (χ2n) is 4.90. The minimum Gasteiger partial charge on any atom is -0.455 e. The Labute approximate surface area is 100.0 Å². The van der Waals surface area contributed by atoms with Gasteiger partial charge < -0.3 is 9.94 Å². The van der Waals surface area contributed by atoms with E-state index in [2.05, 4.69) is 0 Å². The zero-order chi connectivity index (χ0) is 13.4. The number of hydrogen-bond donors (Lipinski definition) is 1. The van der Waals surface area contributed by atoms with Crippen LogP contribution in [0.3, 0.4) is 0 Å². The first-order valence-electron chi connectivity index (χ1n) is 5.28. The minimum absolute atomic E-state index is 0.000440. The van der Waals surface area contributed by atoms with E-state index in [1.807, 2.05) is 0 Å². The van der Waals surface area contributed by atoms with Gasteiger partial charge in [0.2, 0.25) is 0 Å². The van der Waals surface area contributed by atoms with Crippen molar-refractivity contribution in [2.75, 3.05) is 0 Å². The molecular formula is C12H17NO4. The van der Waals surface area contributed by atoms with E-state index >= 15 is 0 Å². The molecule has 0 spiro atoms. The summed E-state index contributed by atoms with van der Waals surface area (Å²) in [5.74, 6) is -0.645. The Kier molecular flexibility index (Phi) is 3.31. The van der Waals surface area contributed by atoms with Crippen LogP contribution in [0.25, 0.3) is 0 Å². The average Bonchev–Trinajstić information content (AvgIpc) is 2.35. The van der Waals surface area contributed by atoms with E-state index in [1.165, 1.54) is 0 Å². The van der Waals surface area contributed by atoms with Crippen molar-refractivity contribution in [3.63, 3.8) is 0 Å². The summed E-state index contributed by atoms with van der Waals surface area (Å²) in [5, 5.41) is 9.75. The zero-order valence-electron chi connectivity index (χ0n) is 10.7. The van der Waals surface area contributed by atoms with Crippen LogP contribution in [0.1, 0.15) is 52.9 Å². The molecule has 0 bridgehead atoms. The van der Waals surface area contributed by atoms with Crippen molar-refractivity contribution >= 4 is 12.3 Å². The lowest BCUT2D eigenvalue weighted by Gasteiger charge is -2.19. The standard InChI is InChI=1S/C12H17NO4/c1-7-9(6-14)8(2)13(16)10(7)11(15)17-12(3,4)5/h6,16H,1-5H3. The first-order valence-corrected chi connectivity index (χ1v) is 5.28. The predicted molar refractivity (Wildman–Crippen MR) is 61.6 cm³/mol. The van der Waals surface area contributed by atoms with Crippen molar-refractivity contribution < 1.29 is 19.5 Å². The SMILES string of the molecule is Cc1c(C=O)c(C)n(O)c1C(=O)OC(C)(C)C. The highest BCUT2D eigenvalue weighted by Gasteiger charge is 2.26. The molecule has 0 saturated heterocycles. The molecule has 17 heavy (non-hydrogen) atoms. The first kappa shape index (κ1) is 13.3.